The number of para-hydroxylation sites is 1. The molecule has 86 valence electrons. The summed E-state index contributed by atoms with van der Waals surface area (Å²) in [6, 6.07) is 11.2. The molecule has 0 aliphatic heterocycles. The monoisotopic (exact) mass is 308 g/mol. The van der Waals surface area contributed by atoms with E-state index in [1.807, 2.05) is 35.7 Å². The maximum Gasteiger partial charge on any atom is 0.221 e. The Morgan fingerprint density at radius 1 is 1.24 bits per heavy atom. The molecule has 0 saturated carbocycles. The third-order valence-electron chi connectivity index (χ3n) is 2.03. The third kappa shape index (κ3) is 3.25. The van der Waals surface area contributed by atoms with Crippen molar-refractivity contribution in [2.75, 3.05) is 5.43 Å². The van der Waals surface area contributed by atoms with Crippen molar-refractivity contribution in [2.45, 2.75) is 0 Å². The van der Waals surface area contributed by atoms with Gasteiger partial charge in [-0.25, -0.2) is 0 Å². The highest BCUT2D eigenvalue weighted by molar-refractivity contribution is 9.19. The molecular weight excluding hydrogens is 300 g/mol. The number of Topliss-reactive ketones (excluding diaryl/α,β-unsaturated/α-hetero) is 1. The van der Waals surface area contributed by atoms with E-state index in [1.165, 1.54) is 11.3 Å². The van der Waals surface area contributed by atoms with Crippen LogP contribution in [0.2, 0.25) is 0 Å². The Kier molecular flexibility index (Phi) is 4.06. The molecule has 1 N–H and O–H groups in total. The highest BCUT2D eigenvalue weighted by Crippen LogP contribution is 2.11. The predicted molar refractivity (Wildman–Crippen MR) is 75.1 cm³/mol. The lowest BCUT2D eigenvalue weighted by molar-refractivity contribution is 0.107. The fourth-order valence-electron chi connectivity index (χ4n) is 1.19. The number of benzene rings is 1. The van der Waals surface area contributed by atoms with E-state index in [-0.39, 0.29) is 10.4 Å². The Hall–Kier alpha value is -1.46. The Morgan fingerprint density at radius 2 is 2.00 bits per heavy atom. The van der Waals surface area contributed by atoms with Crippen LogP contribution in [-0.4, -0.2) is 10.4 Å². The van der Waals surface area contributed by atoms with Gasteiger partial charge in [0.15, 0.2) is 4.62 Å². The van der Waals surface area contributed by atoms with E-state index in [9.17, 15) is 4.79 Å². The van der Waals surface area contributed by atoms with Gasteiger partial charge in [-0.3, -0.25) is 10.2 Å². The quantitative estimate of drug-likeness (QED) is 0.531. The van der Waals surface area contributed by atoms with E-state index in [0.717, 1.165) is 5.69 Å². The van der Waals surface area contributed by atoms with Crippen LogP contribution < -0.4 is 5.43 Å². The molecule has 0 fully saturated rings. The van der Waals surface area contributed by atoms with Gasteiger partial charge in [0.2, 0.25) is 5.78 Å². The van der Waals surface area contributed by atoms with Crippen molar-refractivity contribution in [2.24, 2.45) is 5.10 Å². The van der Waals surface area contributed by atoms with Gasteiger partial charge >= 0.3 is 0 Å². The number of hydrazone groups is 1. The lowest BCUT2D eigenvalue weighted by Gasteiger charge is -2.00. The van der Waals surface area contributed by atoms with Gasteiger partial charge in [-0.05, 0) is 39.5 Å². The van der Waals surface area contributed by atoms with Crippen LogP contribution in [0.3, 0.4) is 0 Å². The minimum atomic E-state index is -0.130. The van der Waals surface area contributed by atoms with Gasteiger partial charge in [0, 0.05) is 10.9 Å². The fourth-order valence-corrected chi connectivity index (χ4v) is 2.14. The van der Waals surface area contributed by atoms with Crippen molar-refractivity contribution in [1.29, 1.82) is 0 Å². The number of anilines is 1. The van der Waals surface area contributed by atoms with Crippen molar-refractivity contribution in [3.63, 3.8) is 0 Å². The van der Waals surface area contributed by atoms with E-state index in [2.05, 4.69) is 26.5 Å². The molecule has 1 aromatic carbocycles. The smallest absolute Gasteiger partial charge is 0.221 e. The van der Waals surface area contributed by atoms with Gasteiger partial charge in [0.05, 0.1) is 5.69 Å². The molecule has 2 aromatic rings. The second-order valence-electron chi connectivity index (χ2n) is 3.22. The second kappa shape index (κ2) is 5.75. The second-order valence-corrected chi connectivity index (χ2v) is 4.75. The van der Waals surface area contributed by atoms with Gasteiger partial charge < -0.3 is 0 Å². The van der Waals surface area contributed by atoms with Crippen LogP contribution in [0.1, 0.15) is 10.4 Å². The summed E-state index contributed by atoms with van der Waals surface area (Å²) in [4.78, 5) is 11.8. The van der Waals surface area contributed by atoms with E-state index in [1.54, 1.807) is 11.4 Å². The molecule has 0 amide bonds. The van der Waals surface area contributed by atoms with Crippen LogP contribution in [0.4, 0.5) is 5.69 Å². The first-order chi connectivity index (χ1) is 8.27. The summed E-state index contributed by atoms with van der Waals surface area (Å²) in [5.41, 5.74) is 4.29. The molecule has 0 radical (unpaired) electrons. The SMILES string of the molecule is O=C(/C(Br)=N/Nc1ccccc1)c1ccsc1. The molecule has 3 nitrogen and oxygen atoms in total. The molecule has 0 saturated heterocycles. The average Bonchev–Trinajstić information content (AvgIpc) is 2.90. The summed E-state index contributed by atoms with van der Waals surface area (Å²) in [5.74, 6) is -0.130. The largest absolute Gasteiger partial charge is 0.286 e. The van der Waals surface area contributed by atoms with E-state index < -0.39 is 0 Å². The first-order valence-corrected chi connectivity index (χ1v) is 6.62. The lowest BCUT2D eigenvalue weighted by Crippen LogP contribution is -2.08. The normalized spacial score (nSPS) is 11.2. The van der Waals surface area contributed by atoms with Crippen LogP contribution in [0, 0.1) is 0 Å². The number of nitrogens with zero attached hydrogens (tertiary/aromatic N) is 1. The molecule has 1 heterocycles. The Bertz CT molecular complexity index is 523. The predicted octanol–water partition coefficient (Wildman–Crippen LogP) is 3.75. The van der Waals surface area contributed by atoms with E-state index in [0.29, 0.717) is 5.56 Å². The molecule has 0 aliphatic carbocycles. The average molecular weight is 309 g/mol. The zero-order valence-electron chi connectivity index (χ0n) is 8.76. The summed E-state index contributed by atoms with van der Waals surface area (Å²) >= 11 is 4.65. The van der Waals surface area contributed by atoms with Crippen LogP contribution >= 0.6 is 27.3 Å². The number of carbonyl (C=O) groups is 1. The number of hydrogen-bond donors (Lipinski definition) is 1. The topological polar surface area (TPSA) is 41.5 Å². The summed E-state index contributed by atoms with van der Waals surface area (Å²) in [7, 11) is 0. The van der Waals surface area contributed by atoms with Crippen molar-refractivity contribution in [1.82, 2.24) is 0 Å². The zero-order valence-corrected chi connectivity index (χ0v) is 11.2. The lowest BCUT2D eigenvalue weighted by atomic mass is 10.2. The minimum absolute atomic E-state index is 0.130. The molecule has 0 bridgehead atoms. The minimum Gasteiger partial charge on any atom is -0.286 e. The zero-order chi connectivity index (χ0) is 12.1. The standard InChI is InChI=1S/C12H9BrN2OS/c13-12(11(16)9-6-7-17-8-9)15-14-10-4-2-1-3-5-10/h1-8,14H/b15-12-. The first kappa shape index (κ1) is 12.0. The molecule has 0 aliphatic rings. The number of hydrogen-bond acceptors (Lipinski definition) is 4. The van der Waals surface area contributed by atoms with Crippen molar-refractivity contribution in [3.8, 4) is 0 Å². The van der Waals surface area contributed by atoms with Gasteiger partial charge in [0.25, 0.3) is 0 Å². The Balaban J connectivity index is 2.05. The molecular formula is C12H9BrN2OS. The number of nitrogens with one attached hydrogen (secondary N) is 1. The number of thiophene rings is 1. The molecule has 0 unspecified atom stereocenters. The van der Waals surface area contributed by atoms with Crippen LogP contribution in [0.15, 0.2) is 52.3 Å². The van der Waals surface area contributed by atoms with Gasteiger partial charge in [0.1, 0.15) is 0 Å². The first-order valence-electron chi connectivity index (χ1n) is 4.88. The van der Waals surface area contributed by atoms with Crippen molar-refractivity contribution in [3.05, 3.63) is 52.7 Å². The molecule has 0 atom stereocenters. The van der Waals surface area contributed by atoms with Crippen molar-refractivity contribution < 1.29 is 4.79 Å². The summed E-state index contributed by atoms with van der Waals surface area (Å²) < 4.78 is 0.264. The van der Waals surface area contributed by atoms with Gasteiger partial charge in [-0.15, -0.1) is 0 Å². The summed E-state index contributed by atoms with van der Waals surface area (Å²) in [6.07, 6.45) is 0. The van der Waals surface area contributed by atoms with Gasteiger partial charge in [-0.2, -0.15) is 16.4 Å². The third-order valence-corrected chi connectivity index (χ3v) is 3.25. The van der Waals surface area contributed by atoms with Crippen LogP contribution in [-0.2, 0) is 0 Å². The van der Waals surface area contributed by atoms with Crippen molar-refractivity contribution >= 4 is 43.4 Å². The highest BCUT2D eigenvalue weighted by Gasteiger charge is 2.11. The molecule has 1 aromatic heterocycles. The molecule has 5 heteroatoms. The summed E-state index contributed by atoms with van der Waals surface area (Å²) in [5, 5.41) is 7.64. The highest BCUT2D eigenvalue weighted by atomic mass is 79.9. The Labute approximate surface area is 111 Å². The van der Waals surface area contributed by atoms with E-state index >= 15 is 0 Å². The fraction of sp³-hybridized carbons (Fsp3) is 0. The molecule has 2 rings (SSSR count). The van der Waals surface area contributed by atoms with Gasteiger partial charge in [-0.1, -0.05) is 18.2 Å². The maximum absolute atomic E-state index is 11.8. The number of halogens is 1. The number of ketones is 1. The molecule has 0 spiro atoms. The number of carbonyl (C=O) groups excluding carboxylic acids is 1. The Morgan fingerprint density at radius 3 is 2.65 bits per heavy atom. The molecule has 17 heavy (non-hydrogen) atoms. The van der Waals surface area contributed by atoms with Crippen LogP contribution in [0.25, 0.3) is 0 Å². The number of rotatable bonds is 4. The summed E-state index contributed by atoms with van der Waals surface area (Å²) in [6.45, 7) is 0. The van der Waals surface area contributed by atoms with E-state index in [4.69, 9.17) is 0 Å². The maximum atomic E-state index is 11.8. The van der Waals surface area contributed by atoms with Crippen LogP contribution in [0.5, 0.6) is 0 Å².